The van der Waals surface area contributed by atoms with E-state index in [0.717, 1.165) is 5.56 Å². The number of benzene rings is 3. The topological polar surface area (TPSA) is 110 Å². The highest BCUT2D eigenvalue weighted by atomic mass is 32.2. The summed E-state index contributed by atoms with van der Waals surface area (Å²) in [6, 6.07) is 20.4. The number of rotatable bonds is 6. The highest BCUT2D eigenvalue weighted by Gasteiger charge is 2.43. The fraction of sp³-hybridized carbons (Fsp3) is 0.231. The summed E-state index contributed by atoms with van der Waals surface area (Å²) < 4.78 is 32.2. The van der Waals surface area contributed by atoms with E-state index in [-0.39, 0.29) is 35.2 Å². The number of hydrogen-bond donors (Lipinski definition) is 1. The molecule has 0 spiro atoms. The number of sulfone groups is 1. The first kappa shape index (κ1) is 23.1. The van der Waals surface area contributed by atoms with E-state index in [4.69, 9.17) is 4.42 Å². The van der Waals surface area contributed by atoms with Crippen LogP contribution in [0.2, 0.25) is 0 Å². The van der Waals surface area contributed by atoms with Crippen molar-refractivity contribution >= 4 is 26.8 Å². The number of aryl methyl sites for hydroxylation is 1. The number of likely N-dealkylation sites (tertiary alicyclic amines) is 1. The molecule has 1 aliphatic rings. The number of aromatic nitrogens is 1. The van der Waals surface area contributed by atoms with Crippen LogP contribution in [0.1, 0.15) is 21.5 Å². The van der Waals surface area contributed by atoms with Crippen molar-refractivity contribution in [3.8, 4) is 0 Å². The molecule has 8 nitrogen and oxygen atoms in total. The van der Waals surface area contributed by atoms with Gasteiger partial charge >= 0.3 is 5.76 Å². The van der Waals surface area contributed by atoms with Crippen molar-refractivity contribution in [3.05, 3.63) is 100 Å². The molecule has 0 bridgehead atoms. The van der Waals surface area contributed by atoms with Crippen molar-refractivity contribution in [2.24, 2.45) is 7.05 Å². The van der Waals surface area contributed by atoms with E-state index in [2.05, 4.69) is 0 Å². The lowest BCUT2D eigenvalue weighted by atomic mass is 9.86. The second-order valence-corrected chi connectivity index (χ2v) is 11.1. The first-order valence-electron chi connectivity index (χ1n) is 11.1. The third-order valence-electron chi connectivity index (χ3n) is 6.31. The lowest BCUT2D eigenvalue weighted by molar-refractivity contribution is -0.0799. The fourth-order valence-corrected chi connectivity index (χ4v) is 5.79. The standard InChI is InChI=1S/C26H24N2O6S/c1-27-22-12-11-21(13-23(22)34-25(27)30)35(32,33)15-19-7-9-20(10-8-19)24(29)28-16-26(31,17-28)14-18-5-3-2-4-6-18/h2-13,31H,14-17H2,1H3. The molecule has 1 fully saturated rings. The Balaban J connectivity index is 1.24. The predicted octanol–water partition coefficient (Wildman–Crippen LogP) is 2.54. The lowest BCUT2D eigenvalue weighted by Crippen LogP contribution is -2.64. The first-order chi connectivity index (χ1) is 16.6. The number of carbonyl (C=O) groups is 1. The molecule has 0 unspecified atom stereocenters. The highest BCUT2D eigenvalue weighted by Crippen LogP contribution is 2.27. The van der Waals surface area contributed by atoms with Crippen LogP contribution in [-0.2, 0) is 29.1 Å². The number of amides is 1. The summed E-state index contributed by atoms with van der Waals surface area (Å²) in [5.74, 6) is -1.03. The number of aliphatic hydroxyl groups is 1. The van der Waals surface area contributed by atoms with E-state index in [1.807, 2.05) is 30.3 Å². The number of β-amino-alcohol motifs (C(OH)–C–C–N with tert-alkyl or cyclic N) is 1. The van der Waals surface area contributed by atoms with Gasteiger partial charge in [-0.3, -0.25) is 9.36 Å². The number of oxazole rings is 1. The Morgan fingerprint density at radius 1 is 1.00 bits per heavy atom. The number of fused-ring (bicyclic) bond motifs is 1. The molecule has 0 saturated carbocycles. The Kier molecular flexibility index (Phi) is 5.61. The van der Waals surface area contributed by atoms with Gasteiger partial charge in [-0.1, -0.05) is 42.5 Å². The zero-order chi connectivity index (χ0) is 24.8. The molecule has 4 aromatic rings. The summed E-state index contributed by atoms with van der Waals surface area (Å²) in [4.78, 5) is 26.1. The van der Waals surface area contributed by atoms with Gasteiger partial charge in [-0.15, -0.1) is 0 Å². The minimum absolute atomic E-state index is 0.0535. The molecule has 1 aliphatic heterocycles. The van der Waals surface area contributed by atoms with Crippen molar-refractivity contribution in [2.75, 3.05) is 13.1 Å². The van der Waals surface area contributed by atoms with Gasteiger partial charge in [0.05, 0.1) is 29.3 Å². The van der Waals surface area contributed by atoms with Gasteiger partial charge in [0.1, 0.15) is 5.60 Å². The zero-order valence-electron chi connectivity index (χ0n) is 19.0. The Morgan fingerprint density at radius 2 is 1.69 bits per heavy atom. The third kappa shape index (κ3) is 4.52. The van der Waals surface area contributed by atoms with Crippen molar-refractivity contribution < 1.29 is 22.7 Å². The van der Waals surface area contributed by atoms with E-state index < -0.39 is 21.2 Å². The predicted molar refractivity (Wildman–Crippen MR) is 130 cm³/mol. The number of hydrogen-bond acceptors (Lipinski definition) is 6. The van der Waals surface area contributed by atoms with Crippen LogP contribution in [0.5, 0.6) is 0 Å². The Bertz CT molecular complexity index is 1560. The number of nitrogens with zero attached hydrogens (tertiary/aromatic N) is 2. The average molecular weight is 493 g/mol. The molecular weight excluding hydrogens is 468 g/mol. The molecule has 9 heteroatoms. The van der Waals surface area contributed by atoms with Gasteiger partial charge in [-0.2, -0.15) is 0 Å². The summed E-state index contributed by atoms with van der Waals surface area (Å²) in [5.41, 5.74) is 1.76. The van der Waals surface area contributed by atoms with E-state index in [0.29, 0.717) is 23.1 Å². The monoisotopic (exact) mass is 492 g/mol. The maximum absolute atomic E-state index is 12.9. The van der Waals surface area contributed by atoms with Crippen LogP contribution in [0.4, 0.5) is 0 Å². The van der Waals surface area contributed by atoms with Crippen LogP contribution < -0.4 is 5.76 Å². The van der Waals surface area contributed by atoms with E-state index in [1.165, 1.54) is 16.7 Å². The molecule has 5 rings (SSSR count). The summed E-state index contributed by atoms with van der Waals surface area (Å²) >= 11 is 0. The Labute approximate surface area is 202 Å². The Hall–Kier alpha value is -3.69. The molecule has 1 saturated heterocycles. The van der Waals surface area contributed by atoms with Gasteiger partial charge in [0.15, 0.2) is 15.4 Å². The highest BCUT2D eigenvalue weighted by molar-refractivity contribution is 7.90. The van der Waals surface area contributed by atoms with Crippen LogP contribution in [-0.4, -0.2) is 47.6 Å². The van der Waals surface area contributed by atoms with Gasteiger partial charge < -0.3 is 14.4 Å². The smallest absolute Gasteiger partial charge is 0.408 e. The normalized spacial score (nSPS) is 15.2. The molecular formula is C26H24N2O6S. The molecule has 35 heavy (non-hydrogen) atoms. The van der Waals surface area contributed by atoms with E-state index in [9.17, 15) is 23.1 Å². The van der Waals surface area contributed by atoms with E-state index >= 15 is 0 Å². The Morgan fingerprint density at radius 3 is 2.37 bits per heavy atom. The average Bonchev–Trinajstić information content (AvgIpc) is 3.10. The number of carbonyl (C=O) groups excluding carboxylic acids is 1. The summed E-state index contributed by atoms with van der Waals surface area (Å²) in [7, 11) is -2.15. The lowest BCUT2D eigenvalue weighted by Gasteiger charge is -2.46. The fourth-order valence-electron chi connectivity index (χ4n) is 4.43. The van der Waals surface area contributed by atoms with Gasteiger partial charge in [-0.05, 0) is 35.4 Å². The van der Waals surface area contributed by atoms with Gasteiger partial charge in [0, 0.05) is 25.1 Å². The molecule has 0 aliphatic carbocycles. The summed E-state index contributed by atoms with van der Waals surface area (Å²) in [6.45, 7) is 0.490. The molecule has 0 radical (unpaired) electrons. The maximum Gasteiger partial charge on any atom is 0.419 e. The SMILES string of the molecule is Cn1c(=O)oc2cc(S(=O)(=O)Cc3ccc(C(=O)N4CC(O)(Cc5ccccc5)C4)cc3)ccc21. The zero-order valence-corrected chi connectivity index (χ0v) is 19.9. The maximum atomic E-state index is 12.9. The van der Waals surface area contributed by atoms with Gasteiger partial charge in [-0.25, -0.2) is 13.2 Å². The molecule has 1 N–H and O–H groups in total. The van der Waals surface area contributed by atoms with Crippen molar-refractivity contribution in [2.45, 2.75) is 22.7 Å². The second kappa shape index (κ2) is 8.51. The molecule has 1 aromatic heterocycles. The van der Waals surface area contributed by atoms with Crippen LogP contribution in [0, 0.1) is 0 Å². The minimum atomic E-state index is -3.70. The summed E-state index contributed by atoms with van der Waals surface area (Å²) in [6.07, 6.45) is 0.479. The first-order valence-corrected chi connectivity index (χ1v) is 12.8. The second-order valence-electron chi connectivity index (χ2n) is 9.06. The van der Waals surface area contributed by atoms with Crippen LogP contribution in [0.3, 0.4) is 0 Å². The molecule has 1 amide bonds. The van der Waals surface area contributed by atoms with Crippen LogP contribution in [0.15, 0.2) is 86.9 Å². The van der Waals surface area contributed by atoms with Crippen molar-refractivity contribution in [1.29, 1.82) is 0 Å². The third-order valence-corrected chi connectivity index (χ3v) is 8.00. The molecule has 180 valence electrons. The quantitative estimate of drug-likeness (QED) is 0.443. The molecule has 2 heterocycles. The van der Waals surface area contributed by atoms with E-state index in [1.54, 1.807) is 42.3 Å². The summed E-state index contributed by atoms with van der Waals surface area (Å²) in [5, 5.41) is 10.7. The van der Waals surface area contributed by atoms with Crippen LogP contribution in [0.25, 0.3) is 11.1 Å². The van der Waals surface area contributed by atoms with Gasteiger partial charge in [0.2, 0.25) is 0 Å². The largest absolute Gasteiger partial charge is 0.419 e. The van der Waals surface area contributed by atoms with Crippen molar-refractivity contribution in [1.82, 2.24) is 9.47 Å². The van der Waals surface area contributed by atoms with Gasteiger partial charge in [0.25, 0.3) is 5.91 Å². The van der Waals surface area contributed by atoms with Crippen LogP contribution >= 0.6 is 0 Å². The molecule has 3 aromatic carbocycles. The molecule has 0 atom stereocenters. The minimum Gasteiger partial charge on any atom is -0.408 e. The van der Waals surface area contributed by atoms with Crippen molar-refractivity contribution in [3.63, 3.8) is 0 Å².